The number of hydrogen-bond donors (Lipinski definition) is 2. The smallest absolute Gasteiger partial charge is 0.328 e. The molecule has 2 aromatic rings. The van der Waals surface area contributed by atoms with Crippen LogP contribution in [0.5, 0.6) is 0 Å². The fourth-order valence-electron chi connectivity index (χ4n) is 2.83. The number of aromatic nitrogens is 2. The van der Waals surface area contributed by atoms with E-state index < -0.39 is 5.97 Å². The first-order valence-electron chi connectivity index (χ1n) is 8.05. The molecule has 3 heterocycles. The van der Waals surface area contributed by atoms with Crippen LogP contribution in [0.15, 0.2) is 42.7 Å². The summed E-state index contributed by atoms with van der Waals surface area (Å²) < 4.78 is 0. The fourth-order valence-corrected chi connectivity index (χ4v) is 3.06. The Morgan fingerprint density at radius 2 is 2.32 bits per heavy atom. The van der Waals surface area contributed by atoms with Crippen molar-refractivity contribution in [3.63, 3.8) is 0 Å². The third-order valence-corrected chi connectivity index (χ3v) is 4.29. The number of nitrogens with one attached hydrogen (secondary N) is 1. The van der Waals surface area contributed by atoms with Gasteiger partial charge in [-0.15, -0.1) is 0 Å². The van der Waals surface area contributed by atoms with E-state index in [0.29, 0.717) is 16.4 Å². The van der Waals surface area contributed by atoms with Gasteiger partial charge < -0.3 is 10.4 Å². The number of anilines is 1. The lowest BCUT2D eigenvalue weighted by Gasteiger charge is -2.17. The summed E-state index contributed by atoms with van der Waals surface area (Å²) in [6.45, 7) is 2.72. The van der Waals surface area contributed by atoms with Crippen molar-refractivity contribution in [1.82, 2.24) is 14.9 Å². The number of pyridine rings is 2. The minimum absolute atomic E-state index is 0.272. The lowest BCUT2D eigenvalue weighted by Crippen LogP contribution is -2.26. The molecule has 1 saturated heterocycles. The molecule has 1 atom stereocenters. The Morgan fingerprint density at radius 1 is 1.44 bits per heavy atom. The Balaban J connectivity index is 1.57. The Labute approximate surface area is 151 Å². The van der Waals surface area contributed by atoms with Gasteiger partial charge in [0.25, 0.3) is 0 Å². The highest BCUT2D eigenvalue weighted by Gasteiger charge is 2.23. The highest BCUT2D eigenvalue weighted by Crippen LogP contribution is 2.24. The second-order valence-electron chi connectivity index (χ2n) is 5.96. The molecule has 2 N–H and O–H groups in total. The minimum atomic E-state index is -1.00. The number of aliphatic carboxylic acids is 1. The van der Waals surface area contributed by atoms with Crippen LogP contribution in [0.1, 0.15) is 17.7 Å². The molecule has 130 valence electrons. The van der Waals surface area contributed by atoms with Gasteiger partial charge in [-0.2, -0.15) is 0 Å². The average molecular weight is 359 g/mol. The van der Waals surface area contributed by atoms with Crippen molar-refractivity contribution in [3.8, 4) is 0 Å². The van der Waals surface area contributed by atoms with E-state index >= 15 is 0 Å². The highest BCUT2D eigenvalue weighted by molar-refractivity contribution is 6.33. The summed E-state index contributed by atoms with van der Waals surface area (Å²) in [6.07, 6.45) is 6.95. The molecule has 1 aliphatic rings. The van der Waals surface area contributed by atoms with E-state index in [9.17, 15) is 4.79 Å². The number of carbonyl (C=O) groups is 1. The van der Waals surface area contributed by atoms with Crippen LogP contribution in [0, 0.1) is 0 Å². The van der Waals surface area contributed by atoms with Crippen LogP contribution in [0.25, 0.3) is 6.08 Å². The fraction of sp³-hybridized carbons (Fsp3) is 0.278. The molecule has 0 aliphatic carbocycles. The Morgan fingerprint density at radius 3 is 3.04 bits per heavy atom. The van der Waals surface area contributed by atoms with Gasteiger partial charge in [0.2, 0.25) is 0 Å². The van der Waals surface area contributed by atoms with Gasteiger partial charge in [-0.3, -0.25) is 9.88 Å². The molecular formula is C18H19ClN4O2. The zero-order valence-electron chi connectivity index (χ0n) is 13.6. The van der Waals surface area contributed by atoms with E-state index in [1.165, 1.54) is 6.08 Å². The van der Waals surface area contributed by atoms with Gasteiger partial charge in [-0.1, -0.05) is 17.7 Å². The predicted octanol–water partition coefficient (Wildman–Crippen LogP) is 2.91. The topological polar surface area (TPSA) is 78.3 Å². The van der Waals surface area contributed by atoms with Crippen molar-refractivity contribution in [2.45, 2.75) is 19.0 Å². The standard InChI is InChI=1S/C18H19ClN4O2/c19-16-9-13(4-5-17(24)25)10-21-18(16)22-15-6-8-23(12-15)11-14-3-1-2-7-20-14/h1-5,7,9-10,15H,6,8,11-12H2,(H,21,22)(H,24,25)/t15-/m1/s1. The molecule has 1 fully saturated rings. The van der Waals surface area contributed by atoms with Gasteiger partial charge in [0.15, 0.2) is 0 Å². The van der Waals surface area contributed by atoms with Crippen molar-refractivity contribution in [3.05, 3.63) is 59.0 Å². The normalized spacial score (nSPS) is 17.9. The molecule has 7 heteroatoms. The molecule has 0 bridgehead atoms. The molecule has 6 nitrogen and oxygen atoms in total. The molecular weight excluding hydrogens is 340 g/mol. The first kappa shape index (κ1) is 17.4. The Kier molecular flexibility index (Phi) is 5.63. The number of hydrogen-bond acceptors (Lipinski definition) is 5. The summed E-state index contributed by atoms with van der Waals surface area (Å²) in [6, 6.07) is 7.92. The van der Waals surface area contributed by atoms with Crippen molar-refractivity contribution in [2.75, 3.05) is 18.4 Å². The first-order valence-corrected chi connectivity index (χ1v) is 8.43. The molecule has 0 amide bonds. The van der Waals surface area contributed by atoms with E-state index in [1.807, 2.05) is 24.4 Å². The third-order valence-electron chi connectivity index (χ3n) is 4.01. The number of likely N-dealkylation sites (tertiary alicyclic amines) is 1. The zero-order valence-corrected chi connectivity index (χ0v) is 14.4. The van der Waals surface area contributed by atoms with Crippen molar-refractivity contribution >= 4 is 29.5 Å². The zero-order chi connectivity index (χ0) is 17.6. The SMILES string of the molecule is O=C(O)C=Cc1cnc(N[C@@H]2CCN(Cc3ccccn3)C2)c(Cl)c1. The Hall–Kier alpha value is -2.44. The van der Waals surface area contributed by atoms with Crippen LogP contribution in [0.2, 0.25) is 5.02 Å². The van der Waals surface area contributed by atoms with E-state index in [4.69, 9.17) is 16.7 Å². The lowest BCUT2D eigenvalue weighted by molar-refractivity contribution is -0.131. The van der Waals surface area contributed by atoms with Gasteiger partial charge in [0.1, 0.15) is 5.82 Å². The largest absolute Gasteiger partial charge is 0.478 e. The van der Waals surface area contributed by atoms with Crippen molar-refractivity contribution in [2.24, 2.45) is 0 Å². The van der Waals surface area contributed by atoms with Crippen LogP contribution < -0.4 is 5.32 Å². The van der Waals surface area contributed by atoms with Gasteiger partial charge in [0, 0.05) is 44.1 Å². The molecule has 0 spiro atoms. The number of nitrogens with zero attached hydrogens (tertiary/aromatic N) is 3. The third kappa shape index (κ3) is 5.01. The van der Waals surface area contributed by atoms with E-state index in [1.54, 1.807) is 12.3 Å². The highest BCUT2D eigenvalue weighted by atomic mass is 35.5. The van der Waals surface area contributed by atoms with Gasteiger partial charge in [-0.05, 0) is 36.3 Å². The molecule has 1 aliphatic heterocycles. The van der Waals surface area contributed by atoms with Crippen molar-refractivity contribution in [1.29, 1.82) is 0 Å². The number of halogens is 1. The molecule has 25 heavy (non-hydrogen) atoms. The van der Waals surface area contributed by atoms with Crippen LogP contribution >= 0.6 is 11.6 Å². The lowest BCUT2D eigenvalue weighted by atomic mass is 10.2. The first-order chi connectivity index (χ1) is 12.1. The number of carboxylic acids is 1. The monoisotopic (exact) mass is 358 g/mol. The van der Waals surface area contributed by atoms with Gasteiger partial charge in [-0.25, -0.2) is 9.78 Å². The molecule has 0 radical (unpaired) electrons. The predicted molar refractivity (Wildman–Crippen MR) is 97.5 cm³/mol. The summed E-state index contributed by atoms with van der Waals surface area (Å²) in [7, 11) is 0. The summed E-state index contributed by atoms with van der Waals surface area (Å²) in [5.41, 5.74) is 1.72. The van der Waals surface area contributed by atoms with Crippen molar-refractivity contribution < 1.29 is 9.90 Å². The summed E-state index contributed by atoms with van der Waals surface area (Å²) in [5, 5.41) is 12.5. The maximum atomic E-state index is 10.6. The van der Waals surface area contributed by atoms with Crippen LogP contribution in [0.3, 0.4) is 0 Å². The quantitative estimate of drug-likeness (QED) is 0.773. The van der Waals surface area contributed by atoms with E-state index in [0.717, 1.165) is 37.8 Å². The van der Waals surface area contributed by atoms with Crippen LogP contribution in [-0.2, 0) is 11.3 Å². The maximum Gasteiger partial charge on any atom is 0.328 e. The van der Waals surface area contributed by atoms with Crippen LogP contribution in [0.4, 0.5) is 5.82 Å². The second-order valence-corrected chi connectivity index (χ2v) is 6.36. The van der Waals surface area contributed by atoms with Gasteiger partial charge >= 0.3 is 5.97 Å². The molecule has 0 saturated carbocycles. The average Bonchev–Trinajstić information content (AvgIpc) is 3.03. The minimum Gasteiger partial charge on any atom is -0.478 e. The molecule has 3 rings (SSSR count). The molecule has 0 aromatic carbocycles. The van der Waals surface area contributed by atoms with Gasteiger partial charge in [0.05, 0.1) is 10.7 Å². The molecule has 2 aromatic heterocycles. The number of rotatable bonds is 6. The maximum absolute atomic E-state index is 10.6. The van der Waals surface area contributed by atoms with E-state index in [2.05, 4.69) is 20.2 Å². The Bertz CT molecular complexity index is 767. The second kappa shape index (κ2) is 8.09. The number of carboxylic acid groups (broad SMARTS) is 1. The molecule has 0 unspecified atom stereocenters. The van der Waals surface area contributed by atoms with E-state index in [-0.39, 0.29) is 6.04 Å². The summed E-state index contributed by atoms with van der Waals surface area (Å²) in [5.74, 6) is -0.379. The van der Waals surface area contributed by atoms with Crippen LogP contribution in [-0.4, -0.2) is 45.1 Å². The summed E-state index contributed by atoms with van der Waals surface area (Å²) in [4.78, 5) is 21.6. The summed E-state index contributed by atoms with van der Waals surface area (Å²) >= 11 is 6.26.